The molecule has 3 atom stereocenters. The standard InChI is InChI=1S/C25H24FN3O3/c1-15-21(23(28-32-15)16-7-3-2-4-8-16)24(30)27-22-17-11-12-18(22)14-29(13-17)25(31)19-9-5-6-10-20(19)26/h2-10,17-18,22H,11-14H2,1H3,(H,27,30)/t17-,18+,22?. The van der Waals surface area contributed by atoms with Gasteiger partial charge in [0.1, 0.15) is 22.8 Å². The Hall–Kier alpha value is -3.48. The Morgan fingerprint density at radius 2 is 1.69 bits per heavy atom. The third kappa shape index (κ3) is 3.57. The van der Waals surface area contributed by atoms with Crippen molar-refractivity contribution < 1.29 is 18.5 Å². The number of piperidine rings is 1. The van der Waals surface area contributed by atoms with E-state index >= 15 is 0 Å². The Balaban J connectivity index is 1.32. The molecule has 3 aromatic rings. The largest absolute Gasteiger partial charge is 0.360 e. The molecular formula is C25H24FN3O3. The van der Waals surface area contributed by atoms with E-state index in [0.29, 0.717) is 30.1 Å². The molecule has 32 heavy (non-hydrogen) atoms. The number of rotatable bonds is 4. The molecule has 2 aliphatic rings. The van der Waals surface area contributed by atoms with Crippen molar-refractivity contribution >= 4 is 11.8 Å². The molecule has 5 rings (SSSR count). The van der Waals surface area contributed by atoms with Gasteiger partial charge in [0, 0.05) is 24.7 Å². The van der Waals surface area contributed by atoms with Crippen LogP contribution in [0.1, 0.15) is 39.3 Å². The molecule has 1 aliphatic heterocycles. The molecule has 1 aromatic heterocycles. The van der Waals surface area contributed by atoms with Gasteiger partial charge in [-0.2, -0.15) is 0 Å². The summed E-state index contributed by atoms with van der Waals surface area (Å²) in [4.78, 5) is 27.9. The number of benzene rings is 2. The number of nitrogens with one attached hydrogen (secondary N) is 1. The van der Waals surface area contributed by atoms with E-state index in [0.717, 1.165) is 18.4 Å². The molecule has 2 amide bonds. The summed E-state index contributed by atoms with van der Waals surface area (Å²) in [6.07, 6.45) is 1.84. The van der Waals surface area contributed by atoms with Crippen LogP contribution in [0.4, 0.5) is 4.39 Å². The number of hydrogen-bond acceptors (Lipinski definition) is 4. The number of nitrogens with zero attached hydrogens (tertiary/aromatic N) is 2. The Kier molecular flexibility index (Phi) is 5.25. The van der Waals surface area contributed by atoms with Crippen molar-refractivity contribution in [3.63, 3.8) is 0 Å². The number of hydrogen-bond donors (Lipinski definition) is 1. The molecule has 0 radical (unpaired) electrons. The van der Waals surface area contributed by atoms with Gasteiger partial charge in [-0.25, -0.2) is 4.39 Å². The minimum atomic E-state index is -0.503. The average molecular weight is 433 g/mol. The number of carbonyl (C=O) groups is 2. The van der Waals surface area contributed by atoms with Crippen LogP contribution in [-0.4, -0.2) is 41.0 Å². The molecule has 1 saturated heterocycles. The van der Waals surface area contributed by atoms with Crippen molar-refractivity contribution in [2.24, 2.45) is 11.8 Å². The molecule has 2 bridgehead atoms. The topological polar surface area (TPSA) is 75.4 Å². The highest BCUT2D eigenvalue weighted by Gasteiger charge is 2.44. The maximum absolute atomic E-state index is 14.1. The highest BCUT2D eigenvalue weighted by molar-refractivity contribution is 6.01. The van der Waals surface area contributed by atoms with Crippen molar-refractivity contribution in [3.05, 3.63) is 77.3 Å². The van der Waals surface area contributed by atoms with E-state index in [9.17, 15) is 14.0 Å². The second-order valence-electron chi connectivity index (χ2n) is 8.62. The van der Waals surface area contributed by atoms with E-state index in [2.05, 4.69) is 10.5 Å². The summed E-state index contributed by atoms with van der Waals surface area (Å²) in [5.41, 5.74) is 1.89. The molecule has 1 saturated carbocycles. The fraction of sp³-hybridized carbons (Fsp3) is 0.320. The van der Waals surface area contributed by atoms with Crippen LogP contribution in [0.2, 0.25) is 0 Å². The van der Waals surface area contributed by atoms with E-state index in [1.165, 1.54) is 12.1 Å². The van der Waals surface area contributed by atoms with Crippen LogP contribution in [0.25, 0.3) is 11.3 Å². The molecule has 2 heterocycles. The molecule has 0 spiro atoms. The van der Waals surface area contributed by atoms with Crippen molar-refractivity contribution in [1.82, 2.24) is 15.4 Å². The van der Waals surface area contributed by atoms with Gasteiger partial charge >= 0.3 is 0 Å². The Morgan fingerprint density at radius 3 is 2.38 bits per heavy atom. The molecule has 6 nitrogen and oxygen atoms in total. The van der Waals surface area contributed by atoms with Crippen molar-refractivity contribution in [1.29, 1.82) is 0 Å². The predicted molar refractivity (Wildman–Crippen MR) is 116 cm³/mol. The first-order valence-corrected chi connectivity index (χ1v) is 10.9. The molecule has 164 valence electrons. The summed E-state index contributed by atoms with van der Waals surface area (Å²) < 4.78 is 19.4. The van der Waals surface area contributed by atoms with Crippen LogP contribution in [0, 0.1) is 24.6 Å². The normalized spacial score (nSPS) is 22.1. The Labute approximate surface area is 185 Å². The summed E-state index contributed by atoms with van der Waals surface area (Å²) in [6.45, 7) is 2.74. The van der Waals surface area contributed by atoms with Gasteiger partial charge in [-0.1, -0.05) is 47.6 Å². The van der Waals surface area contributed by atoms with Crippen molar-refractivity contribution in [3.8, 4) is 11.3 Å². The van der Waals surface area contributed by atoms with Gasteiger partial charge in [0.25, 0.3) is 11.8 Å². The maximum Gasteiger partial charge on any atom is 0.257 e. The van der Waals surface area contributed by atoms with Crippen LogP contribution in [0.5, 0.6) is 0 Å². The van der Waals surface area contributed by atoms with Crippen LogP contribution >= 0.6 is 0 Å². The fourth-order valence-electron chi connectivity index (χ4n) is 5.09. The van der Waals surface area contributed by atoms with Gasteiger partial charge in [-0.05, 0) is 43.7 Å². The third-order valence-corrected chi connectivity index (χ3v) is 6.66. The summed E-state index contributed by atoms with van der Waals surface area (Å²) in [5, 5.41) is 7.30. The van der Waals surface area contributed by atoms with E-state index in [1.807, 2.05) is 30.3 Å². The van der Waals surface area contributed by atoms with Crippen LogP contribution in [0.15, 0.2) is 59.1 Å². The zero-order valence-electron chi connectivity index (χ0n) is 17.8. The molecule has 1 unspecified atom stereocenters. The van der Waals surface area contributed by atoms with Crippen molar-refractivity contribution in [2.45, 2.75) is 25.8 Å². The van der Waals surface area contributed by atoms with E-state index in [-0.39, 0.29) is 35.3 Å². The minimum absolute atomic E-state index is 0.0370. The van der Waals surface area contributed by atoms with Gasteiger partial charge in [0.15, 0.2) is 0 Å². The number of halogens is 1. The second kappa shape index (κ2) is 8.22. The SMILES string of the molecule is Cc1onc(-c2ccccc2)c1C(=O)NC1[C@@H]2CC[C@H]1CN(C(=O)c1ccccc1F)C2. The second-order valence-corrected chi connectivity index (χ2v) is 8.62. The van der Waals surface area contributed by atoms with Crippen LogP contribution < -0.4 is 5.32 Å². The summed E-state index contributed by atoms with van der Waals surface area (Å²) in [6, 6.07) is 15.5. The van der Waals surface area contributed by atoms with E-state index in [1.54, 1.807) is 24.0 Å². The molecule has 1 N–H and O–H groups in total. The van der Waals surface area contributed by atoms with E-state index in [4.69, 9.17) is 4.52 Å². The quantitative estimate of drug-likeness (QED) is 0.673. The smallest absolute Gasteiger partial charge is 0.257 e. The number of amides is 2. The monoisotopic (exact) mass is 433 g/mol. The molecule has 2 fully saturated rings. The summed E-state index contributed by atoms with van der Waals surface area (Å²) in [7, 11) is 0. The minimum Gasteiger partial charge on any atom is -0.360 e. The lowest BCUT2D eigenvalue weighted by molar-refractivity contribution is 0.0594. The van der Waals surface area contributed by atoms with Gasteiger partial charge in [0.05, 0.1) is 5.56 Å². The Bertz CT molecular complexity index is 1150. The number of likely N-dealkylation sites (tertiary alicyclic amines) is 1. The zero-order chi connectivity index (χ0) is 22.2. The molecule has 2 aromatic carbocycles. The van der Waals surface area contributed by atoms with Gasteiger partial charge in [-0.15, -0.1) is 0 Å². The predicted octanol–water partition coefficient (Wildman–Crippen LogP) is 4.07. The van der Waals surface area contributed by atoms with Gasteiger partial charge < -0.3 is 14.7 Å². The lowest BCUT2D eigenvalue weighted by Gasteiger charge is -2.38. The molecular weight excluding hydrogens is 409 g/mol. The lowest BCUT2D eigenvalue weighted by Crippen LogP contribution is -2.54. The van der Waals surface area contributed by atoms with Gasteiger partial charge in [-0.3, -0.25) is 9.59 Å². The number of fused-ring (bicyclic) bond motifs is 2. The average Bonchev–Trinajstić information content (AvgIpc) is 3.29. The maximum atomic E-state index is 14.1. The van der Waals surface area contributed by atoms with Crippen LogP contribution in [0.3, 0.4) is 0 Å². The van der Waals surface area contributed by atoms with E-state index < -0.39 is 5.82 Å². The fourth-order valence-corrected chi connectivity index (χ4v) is 5.09. The molecule has 1 aliphatic carbocycles. The molecule has 7 heteroatoms. The first kappa shape index (κ1) is 20.4. The van der Waals surface area contributed by atoms with Crippen molar-refractivity contribution in [2.75, 3.05) is 13.1 Å². The first-order valence-electron chi connectivity index (χ1n) is 10.9. The zero-order valence-corrected chi connectivity index (χ0v) is 17.8. The highest BCUT2D eigenvalue weighted by atomic mass is 19.1. The number of aromatic nitrogens is 1. The third-order valence-electron chi connectivity index (χ3n) is 6.66. The number of carbonyl (C=O) groups excluding carboxylic acids is 2. The lowest BCUT2D eigenvalue weighted by atomic mass is 9.91. The van der Waals surface area contributed by atoms with Crippen LogP contribution in [-0.2, 0) is 0 Å². The highest BCUT2D eigenvalue weighted by Crippen LogP contribution is 2.38. The van der Waals surface area contributed by atoms with Gasteiger partial charge in [0.2, 0.25) is 0 Å². The first-order chi connectivity index (χ1) is 15.5. The Morgan fingerprint density at radius 1 is 1.03 bits per heavy atom. The summed E-state index contributed by atoms with van der Waals surface area (Å²) >= 11 is 0. The summed E-state index contributed by atoms with van der Waals surface area (Å²) in [5.74, 6) is -0.260. The number of aryl methyl sites for hydroxylation is 1.